The van der Waals surface area contributed by atoms with Crippen molar-refractivity contribution in [3.63, 3.8) is 0 Å². The molecule has 1 atom stereocenters. The number of benzene rings is 1. The number of methoxy groups -OCH3 is 1. The molecule has 2 aromatic rings. The van der Waals surface area contributed by atoms with Crippen LogP contribution < -0.4 is 14.8 Å². The third-order valence-electron chi connectivity index (χ3n) is 3.41. The van der Waals surface area contributed by atoms with Gasteiger partial charge < -0.3 is 14.8 Å². The summed E-state index contributed by atoms with van der Waals surface area (Å²) >= 11 is 0. The molecule has 1 unspecified atom stereocenters. The van der Waals surface area contributed by atoms with Crippen LogP contribution in [0, 0.1) is 0 Å². The summed E-state index contributed by atoms with van der Waals surface area (Å²) in [5, 5.41) is 11.5. The molecule has 2 heterocycles. The maximum atomic E-state index is 5.68. The van der Waals surface area contributed by atoms with Crippen LogP contribution >= 0.6 is 0 Å². The molecular weight excluding hydrogens is 254 g/mol. The summed E-state index contributed by atoms with van der Waals surface area (Å²) in [7, 11) is 1.67. The molecule has 0 bridgehead atoms. The van der Waals surface area contributed by atoms with E-state index in [9.17, 15) is 0 Å². The smallest absolute Gasteiger partial charge is 0.124 e. The lowest BCUT2D eigenvalue weighted by Crippen LogP contribution is -2.27. The van der Waals surface area contributed by atoms with Gasteiger partial charge in [0.05, 0.1) is 19.4 Å². The first-order valence-electron chi connectivity index (χ1n) is 6.67. The van der Waals surface area contributed by atoms with Crippen molar-refractivity contribution in [1.82, 2.24) is 15.5 Å². The molecule has 3 rings (SSSR count). The average Bonchev–Trinajstić information content (AvgIpc) is 2.53. The molecule has 5 heteroatoms. The van der Waals surface area contributed by atoms with Crippen LogP contribution in [-0.2, 0) is 6.54 Å². The molecule has 0 fully saturated rings. The van der Waals surface area contributed by atoms with E-state index >= 15 is 0 Å². The first-order valence-corrected chi connectivity index (χ1v) is 6.67. The van der Waals surface area contributed by atoms with Gasteiger partial charge >= 0.3 is 0 Å². The van der Waals surface area contributed by atoms with Crippen LogP contribution in [0.3, 0.4) is 0 Å². The number of nitrogens with zero attached hydrogens (tertiary/aromatic N) is 2. The second-order valence-corrected chi connectivity index (χ2v) is 4.69. The van der Waals surface area contributed by atoms with Crippen molar-refractivity contribution < 1.29 is 9.47 Å². The minimum absolute atomic E-state index is 0.246. The fourth-order valence-electron chi connectivity index (χ4n) is 2.37. The Kier molecular flexibility index (Phi) is 3.78. The van der Waals surface area contributed by atoms with Gasteiger partial charge in [-0.25, -0.2) is 0 Å². The average molecular weight is 271 g/mol. The van der Waals surface area contributed by atoms with E-state index in [4.69, 9.17) is 9.47 Å². The maximum absolute atomic E-state index is 5.68. The predicted molar refractivity (Wildman–Crippen MR) is 74.7 cm³/mol. The largest absolute Gasteiger partial charge is 0.497 e. The molecule has 0 radical (unpaired) electrons. The Morgan fingerprint density at radius 1 is 1.40 bits per heavy atom. The van der Waals surface area contributed by atoms with E-state index in [1.807, 2.05) is 30.3 Å². The molecule has 5 nitrogen and oxygen atoms in total. The van der Waals surface area contributed by atoms with Gasteiger partial charge in [0, 0.05) is 30.8 Å². The van der Waals surface area contributed by atoms with E-state index in [-0.39, 0.29) is 6.04 Å². The molecule has 0 spiro atoms. The van der Waals surface area contributed by atoms with Gasteiger partial charge in [0.15, 0.2) is 0 Å². The van der Waals surface area contributed by atoms with Crippen LogP contribution in [0.15, 0.2) is 36.5 Å². The van der Waals surface area contributed by atoms with Crippen molar-refractivity contribution in [2.24, 2.45) is 0 Å². The highest BCUT2D eigenvalue weighted by atomic mass is 16.5. The summed E-state index contributed by atoms with van der Waals surface area (Å²) in [6.45, 7) is 1.41. The third-order valence-corrected chi connectivity index (χ3v) is 3.41. The van der Waals surface area contributed by atoms with Gasteiger partial charge in [-0.1, -0.05) is 0 Å². The highest BCUT2D eigenvalue weighted by Crippen LogP contribution is 2.34. The fourth-order valence-corrected chi connectivity index (χ4v) is 2.37. The highest BCUT2D eigenvalue weighted by molar-refractivity contribution is 5.43. The number of rotatable bonds is 4. The molecule has 104 valence electrons. The maximum Gasteiger partial charge on any atom is 0.124 e. The molecular formula is C15H17N3O2. The molecule has 0 saturated heterocycles. The quantitative estimate of drug-likeness (QED) is 0.923. The molecule has 1 aromatic heterocycles. The summed E-state index contributed by atoms with van der Waals surface area (Å²) < 4.78 is 11.0. The number of fused-ring (bicyclic) bond motifs is 1. The summed E-state index contributed by atoms with van der Waals surface area (Å²) in [4.78, 5) is 0. The van der Waals surface area contributed by atoms with E-state index < -0.39 is 0 Å². The zero-order valence-electron chi connectivity index (χ0n) is 11.4. The van der Waals surface area contributed by atoms with Crippen LogP contribution in [0.2, 0.25) is 0 Å². The molecule has 0 saturated carbocycles. The van der Waals surface area contributed by atoms with Gasteiger partial charge in [0.2, 0.25) is 0 Å². The van der Waals surface area contributed by atoms with Crippen molar-refractivity contribution in [2.75, 3.05) is 13.7 Å². The Morgan fingerprint density at radius 2 is 2.35 bits per heavy atom. The molecule has 1 aliphatic rings. The summed E-state index contributed by atoms with van der Waals surface area (Å²) in [6.07, 6.45) is 2.61. The Labute approximate surface area is 117 Å². The lowest BCUT2D eigenvalue weighted by Gasteiger charge is -2.27. The van der Waals surface area contributed by atoms with Gasteiger partial charge in [0.25, 0.3) is 0 Å². The van der Waals surface area contributed by atoms with Crippen molar-refractivity contribution in [1.29, 1.82) is 0 Å². The lowest BCUT2D eigenvalue weighted by atomic mass is 10.00. The highest BCUT2D eigenvalue weighted by Gasteiger charge is 2.21. The first kappa shape index (κ1) is 12.9. The number of aromatic nitrogens is 2. The number of hydrogen-bond acceptors (Lipinski definition) is 5. The summed E-state index contributed by atoms with van der Waals surface area (Å²) in [6, 6.07) is 10.0. The van der Waals surface area contributed by atoms with Crippen LogP contribution in [0.4, 0.5) is 0 Å². The second-order valence-electron chi connectivity index (χ2n) is 4.69. The predicted octanol–water partition coefficient (Wildman–Crippen LogP) is 2.10. The lowest BCUT2D eigenvalue weighted by molar-refractivity contribution is 0.251. The Hall–Kier alpha value is -2.14. The van der Waals surface area contributed by atoms with Gasteiger partial charge in [-0.2, -0.15) is 10.2 Å². The van der Waals surface area contributed by atoms with E-state index in [2.05, 4.69) is 15.5 Å². The monoisotopic (exact) mass is 271 g/mol. The van der Waals surface area contributed by atoms with Crippen LogP contribution in [0.25, 0.3) is 0 Å². The number of ether oxygens (including phenoxy) is 2. The first-order chi connectivity index (χ1) is 9.86. The van der Waals surface area contributed by atoms with Crippen molar-refractivity contribution in [3.05, 3.63) is 47.8 Å². The second kappa shape index (κ2) is 5.88. The van der Waals surface area contributed by atoms with E-state index in [1.165, 1.54) is 0 Å². The van der Waals surface area contributed by atoms with Gasteiger partial charge in [-0.15, -0.1) is 0 Å². The molecule has 0 aliphatic carbocycles. The van der Waals surface area contributed by atoms with E-state index in [0.29, 0.717) is 6.54 Å². The van der Waals surface area contributed by atoms with Crippen molar-refractivity contribution in [3.8, 4) is 11.5 Å². The Bertz CT molecular complexity index is 575. The minimum atomic E-state index is 0.246. The number of nitrogens with one attached hydrogen (secondary N) is 1. The SMILES string of the molecule is COc1ccc2c(c1)C(NCc1cccnn1)CCO2. The van der Waals surface area contributed by atoms with E-state index in [0.717, 1.165) is 35.8 Å². The zero-order chi connectivity index (χ0) is 13.8. The number of hydrogen-bond donors (Lipinski definition) is 1. The molecule has 1 aromatic carbocycles. The van der Waals surface area contributed by atoms with Crippen molar-refractivity contribution in [2.45, 2.75) is 19.0 Å². The van der Waals surface area contributed by atoms with Crippen LogP contribution in [0.1, 0.15) is 23.7 Å². The molecule has 20 heavy (non-hydrogen) atoms. The van der Waals surface area contributed by atoms with E-state index in [1.54, 1.807) is 13.3 Å². The minimum Gasteiger partial charge on any atom is -0.497 e. The standard InChI is InChI=1S/C15H17N3O2/c1-19-12-4-5-15-13(9-12)14(6-8-20-15)16-10-11-3-2-7-17-18-11/h2-5,7,9,14,16H,6,8,10H2,1H3. The summed E-state index contributed by atoms with van der Waals surface area (Å²) in [5.41, 5.74) is 2.07. The Morgan fingerprint density at radius 3 is 3.15 bits per heavy atom. The van der Waals surface area contributed by atoms with Gasteiger partial charge in [-0.05, 0) is 30.3 Å². The third kappa shape index (κ3) is 2.72. The fraction of sp³-hybridized carbons (Fsp3) is 0.333. The van der Waals surface area contributed by atoms with Gasteiger partial charge in [-0.3, -0.25) is 0 Å². The summed E-state index contributed by atoms with van der Waals surface area (Å²) in [5.74, 6) is 1.77. The zero-order valence-corrected chi connectivity index (χ0v) is 11.4. The molecule has 1 N–H and O–H groups in total. The Balaban J connectivity index is 1.75. The normalized spacial score (nSPS) is 17.1. The topological polar surface area (TPSA) is 56.3 Å². The van der Waals surface area contributed by atoms with Crippen LogP contribution in [0.5, 0.6) is 11.5 Å². The van der Waals surface area contributed by atoms with Crippen LogP contribution in [-0.4, -0.2) is 23.9 Å². The van der Waals surface area contributed by atoms with Gasteiger partial charge in [0.1, 0.15) is 11.5 Å². The van der Waals surface area contributed by atoms with Crippen molar-refractivity contribution >= 4 is 0 Å². The molecule has 0 amide bonds. The molecule has 1 aliphatic heterocycles.